The van der Waals surface area contributed by atoms with Crippen molar-refractivity contribution in [2.24, 2.45) is 5.73 Å². The molecule has 0 aliphatic rings. The number of ether oxygens (including phenoxy) is 1. The van der Waals surface area contributed by atoms with Crippen molar-refractivity contribution >= 4 is 21.9 Å². The van der Waals surface area contributed by atoms with Crippen LogP contribution in [0.5, 0.6) is 0 Å². The fourth-order valence-electron chi connectivity index (χ4n) is 0.595. The molecule has 0 aliphatic carbocycles. The van der Waals surface area contributed by atoms with E-state index < -0.39 is 23.0 Å². The van der Waals surface area contributed by atoms with Crippen LogP contribution < -0.4 is 5.73 Å². The first-order valence-electron chi connectivity index (χ1n) is 3.93. The van der Waals surface area contributed by atoms with E-state index in [0.717, 1.165) is 0 Å². The lowest BCUT2D eigenvalue weighted by Gasteiger charge is -2.19. The minimum absolute atomic E-state index is 0.0888. The van der Waals surface area contributed by atoms with E-state index in [1.54, 1.807) is 6.92 Å². The quantitative estimate of drug-likeness (QED) is 0.627. The van der Waals surface area contributed by atoms with E-state index >= 15 is 0 Å². The van der Waals surface area contributed by atoms with Crippen LogP contribution in [0.4, 0.5) is 13.2 Å². The highest BCUT2D eigenvalue weighted by atomic mass is 79.9. The molecule has 0 aromatic rings. The van der Waals surface area contributed by atoms with Crippen molar-refractivity contribution in [3.05, 3.63) is 0 Å². The average molecular weight is 278 g/mol. The van der Waals surface area contributed by atoms with Gasteiger partial charge < -0.3 is 10.5 Å². The average Bonchev–Trinajstić information content (AvgIpc) is 2.10. The predicted molar refractivity (Wildman–Crippen MR) is 48.0 cm³/mol. The van der Waals surface area contributed by atoms with Gasteiger partial charge in [0.15, 0.2) is 0 Å². The largest absolute Gasteiger partial charge is 0.465 e. The summed E-state index contributed by atoms with van der Waals surface area (Å²) in [5, 5.41) is 0. The minimum atomic E-state index is -4.61. The Morgan fingerprint density at radius 2 is 2.07 bits per heavy atom. The normalized spacial score (nSPS) is 16.1. The summed E-state index contributed by atoms with van der Waals surface area (Å²) in [6.45, 7) is 1.83. The van der Waals surface area contributed by atoms with Crippen molar-refractivity contribution in [3.63, 3.8) is 0 Å². The van der Waals surface area contributed by atoms with Gasteiger partial charge in [-0.1, -0.05) is 22.9 Å². The molecule has 3 nitrogen and oxygen atoms in total. The van der Waals surface area contributed by atoms with E-state index in [-0.39, 0.29) is 6.61 Å². The highest BCUT2D eigenvalue weighted by Gasteiger charge is 2.44. The summed E-state index contributed by atoms with van der Waals surface area (Å²) in [7, 11) is 0. The maximum Gasteiger partial charge on any atom is 0.405 e. The van der Waals surface area contributed by atoms with Gasteiger partial charge >= 0.3 is 12.1 Å². The molecule has 2 N–H and O–H groups in total. The molecular weight excluding hydrogens is 267 g/mol. The standard InChI is InChI=1S/C7H11BrF3NO2/c1-2-3-14-6(13)4(8)5(12)7(9,10)11/h4-5H,2-3,12H2,1H3/t4-,5+/m1/s1. The zero-order chi connectivity index (χ0) is 11.4. The van der Waals surface area contributed by atoms with E-state index in [1.165, 1.54) is 0 Å². The highest BCUT2D eigenvalue weighted by Crippen LogP contribution is 2.24. The first kappa shape index (κ1) is 13.7. The molecule has 0 fully saturated rings. The third-order valence-corrected chi connectivity index (χ3v) is 2.31. The molecule has 0 heterocycles. The molecule has 0 saturated carbocycles. The topological polar surface area (TPSA) is 52.3 Å². The summed E-state index contributed by atoms with van der Waals surface area (Å²) >= 11 is 2.56. The molecular formula is C7H11BrF3NO2. The van der Waals surface area contributed by atoms with Gasteiger partial charge in [-0.05, 0) is 6.42 Å². The fraction of sp³-hybridized carbons (Fsp3) is 0.857. The second-order valence-electron chi connectivity index (χ2n) is 2.64. The molecule has 7 heteroatoms. The maximum absolute atomic E-state index is 12.0. The lowest BCUT2D eigenvalue weighted by molar-refractivity contribution is -0.162. The van der Waals surface area contributed by atoms with Gasteiger partial charge in [0, 0.05) is 0 Å². The van der Waals surface area contributed by atoms with Crippen molar-refractivity contribution in [1.29, 1.82) is 0 Å². The summed E-state index contributed by atoms with van der Waals surface area (Å²) in [4.78, 5) is 9.39. The van der Waals surface area contributed by atoms with E-state index in [0.29, 0.717) is 6.42 Å². The lowest BCUT2D eigenvalue weighted by Crippen LogP contribution is -2.48. The summed E-state index contributed by atoms with van der Waals surface area (Å²) in [6.07, 6.45) is -4.06. The first-order valence-corrected chi connectivity index (χ1v) is 4.85. The molecule has 14 heavy (non-hydrogen) atoms. The molecule has 0 spiro atoms. The van der Waals surface area contributed by atoms with Gasteiger partial charge in [-0.2, -0.15) is 13.2 Å². The smallest absolute Gasteiger partial charge is 0.405 e. The number of alkyl halides is 4. The molecule has 0 aliphatic heterocycles. The first-order chi connectivity index (χ1) is 6.30. The van der Waals surface area contributed by atoms with Gasteiger partial charge in [-0.25, -0.2) is 0 Å². The molecule has 2 atom stereocenters. The Morgan fingerprint density at radius 3 is 2.43 bits per heavy atom. The molecule has 0 radical (unpaired) electrons. The van der Waals surface area contributed by atoms with Gasteiger partial charge in [0.25, 0.3) is 0 Å². The van der Waals surface area contributed by atoms with Crippen molar-refractivity contribution in [3.8, 4) is 0 Å². The third-order valence-electron chi connectivity index (χ3n) is 1.37. The van der Waals surface area contributed by atoms with Crippen LogP contribution in [0.2, 0.25) is 0 Å². The molecule has 0 amide bonds. The monoisotopic (exact) mass is 277 g/mol. The Balaban J connectivity index is 4.18. The Hall–Kier alpha value is -0.300. The molecule has 0 saturated heterocycles. The van der Waals surface area contributed by atoms with Gasteiger partial charge in [0.05, 0.1) is 6.61 Å². The van der Waals surface area contributed by atoms with Crippen molar-refractivity contribution < 1.29 is 22.7 Å². The molecule has 0 rings (SSSR count). The second kappa shape index (κ2) is 5.55. The van der Waals surface area contributed by atoms with Crippen LogP contribution in [0.25, 0.3) is 0 Å². The third kappa shape index (κ3) is 4.28. The van der Waals surface area contributed by atoms with Gasteiger partial charge in [-0.15, -0.1) is 0 Å². The Bertz CT molecular complexity index is 198. The van der Waals surface area contributed by atoms with Gasteiger partial charge in [0.2, 0.25) is 0 Å². The lowest BCUT2D eigenvalue weighted by atomic mass is 10.2. The number of halogens is 4. The van der Waals surface area contributed by atoms with Crippen LogP contribution in [-0.2, 0) is 9.53 Å². The zero-order valence-electron chi connectivity index (χ0n) is 7.47. The van der Waals surface area contributed by atoms with E-state index in [1.807, 2.05) is 0 Å². The van der Waals surface area contributed by atoms with E-state index in [2.05, 4.69) is 20.7 Å². The van der Waals surface area contributed by atoms with Crippen LogP contribution in [-0.4, -0.2) is 29.6 Å². The number of nitrogens with two attached hydrogens (primary N) is 1. The summed E-state index contributed by atoms with van der Waals surface area (Å²) in [6, 6.07) is -2.24. The van der Waals surface area contributed by atoms with Crippen LogP contribution in [0.1, 0.15) is 13.3 Å². The van der Waals surface area contributed by atoms with Crippen LogP contribution in [0, 0.1) is 0 Å². The zero-order valence-corrected chi connectivity index (χ0v) is 9.06. The Labute approximate surface area is 87.9 Å². The maximum atomic E-state index is 12.0. The van der Waals surface area contributed by atoms with Crippen molar-refractivity contribution in [2.45, 2.75) is 30.4 Å². The summed E-state index contributed by atoms with van der Waals surface area (Å²) in [5.41, 5.74) is 4.79. The predicted octanol–water partition coefficient (Wildman–Crippen LogP) is 1.59. The second-order valence-corrected chi connectivity index (χ2v) is 3.62. The summed E-state index contributed by atoms with van der Waals surface area (Å²) in [5.74, 6) is -0.989. The SMILES string of the molecule is CCCOC(=O)[C@H](Br)[C@H](N)C(F)(F)F. The van der Waals surface area contributed by atoms with Crippen LogP contribution in [0.3, 0.4) is 0 Å². The molecule has 0 aromatic heterocycles. The van der Waals surface area contributed by atoms with Crippen LogP contribution >= 0.6 is 15.9 Å². The van der Waals surface area contributed by atoms with E-state index in [9.17, 15) is 18.0 Å². The van der Waals surface area contributed by atoms with Gasteiger partial charge in [-0.3, -0.25) is 4.79 Å². The highest BCUT2D eigenvalue weighted by molar-refractivity contribution is 9.10. The number of hydrogen-bond acceptors (Lipinski definition) is 3. The minimum Gasteiger partial charge on any atom is -0.465 e. The number of carbonyl (C=O) groups excluding carboxylic acids is 1. The Morgan fingerprint density at radius 1 is 1.57 bits per heavy atom. The molecule has 84 valence electrons. The van der Waals surface area contributed by atoms with Crippen LogP contribution in [0.15, 0.2) is 0 Å². The van der Waals surface area contributed by atoms with Crippen molar-refractivity contribution in [1.82, 2.24) is 0 Å². The fourth-order valence-corrected chi connectivity index (χ4v) is 1.03. The number of rotatable bonds is 4. The molecule has 0 unspecified atom stereocenters. The van der Waals surface area contributed by atoms with E-state index in [4.69, 9.17) is 5.73 Å². The molecule has 0 bridgehead atoms. The molecule has 0 aromatic carbocycles. The summed E-state index contributed by atoms with van der Waals surface area (Å²) < 4.78 is 40.6. The van der Waals surface area contributed by atoms with Crippen molar-refractivity contribution in [2.75, 3.05) is 6.61 Å². The Kier molecular flexibility index (Phi) is 5.43. The van der Waals surface area contributed by atoms with Gasteiger partial charge in [0.1, 0.15) is 10.9 Å². The number of carbonyl (C=O) groups is 1. The number of hydrogen-bond donors (Lipinski definition) is 1. The number of esters is 1.